The summed E-state index contributed by atoms with van der Waals surface area (Å²) in [5.74, 6) is 0.127. The molecule has 0 spiro atoms. The third kappa shape index (κ3) is 3.77. The number of aryl methyl sites for hydroxylation is 1. The van der Waals surface area contributed by atoms with Crippen molar-refractivity contribution in [1.82, 2.24) is 4.90 Å². The predicted octanol–water partition coefficient (Wildman–Crippen LogP) is 1.85. The fraction of sp³-hybridized carbons (Fsp3) is 0.308. The van der Waals surface area contributed by atoms with Crippen LogP contribution in [-0.4, -0.2) is 24.4 Å². The van der Waals surface area contributed by atoms with E-state index in [0.717, 1.165) is 17.7 Å². The van der Waals surface area contributed by atoms with Crippen LogP contribution in [0.4, 0.5) is 5.69 Å². The van der Waals surface area contributed by atoms with Crippen molar-refractivity contribution >= 4 is 11.6 Å². The molecule has 0 unspecified atom stereocenters. The summed E-state index contributed by atoms with van der Waals surface area (Å²) in [7, 11) is 1.78. The van der Waals surface area contributed by atoms with Crippen LogP contribution in [0.25, 0.3) is 0 Å². The number of hydrogen-bond donors (Lipinski definition) is 1. The Hall–Kier alpha value is -1.77. The van der Waals surface area contributed by atoms with Crippen LogP contribution < -0.4 is 5.73 Å². The van der Waals surface area contributed by atoms with Gasteiger partial charge in [0.1, 0.15) is 0 Å². The molecule has 0 fully saturated rings. The molecule has 2 N–H and O–H groups in total. The van der Waals surface area contributed by atoms with Crippen molar-refractivity contribution in [1.29, 1.82) is 0 Å². The number of likely N-dealkylation sites (N-methyl/N-ethyl adjacent to an activating group) is 1. The zero-order valence-electron chi connectivity index (χ0n) is 9.65. The second-order valence-electron chi connectivity index (χ2n) is 3.81. The molecule has 0 aromatic heterocycles. The van der Waals surface area contributed by atoms with Gasteiger partial charge >= 0.3 is 0 Å². The lowest BCUT2D eigenvalue weighted by Gasteiger charge is -2.14. The second-order valence-corrected chi connectivity index (χ2v) is 3.81. The predicted molar refractivity (Wildman–Crippen MR) is 67.0 cm³/mol. The SMILES string of the molecule is C=CCN(C)C(=O)CCc1cccc(N)c1. The number of amides is 1. The van der Waals surface area contributed by atoms with Crippen LogP contribution in [0.5, 0.6) is 0 Å². The van der Waals surface area contributed by atoms with E-state index >= 15 is 0 Å². The molecule has 0 saturated carbocycles. The first-order valence-corrected chi connectivity index (χ1v) is 5.32. The van der Waals surface area contributed by atoms with Crippen molar-refractivity contribution in [2.24, 2.45) is 0 Å². The first-order valence-electron chi connectivity index (χ1n) is 5.32. The fourth-order valence-electron chi connectivity index (χ4n) is 1.49. The van der Waals surface area contributed by atoms with E-state index in [0.29, 0.717) is 13.0 Å². The Morgan fingerprint density at radius 1 is 1.56 bits per heavy atom. The molecular weight excluding hydrogens is 200 g/mol. The molecule has 0 aliphatic carbocycles. The molecular formula is C13H18N2O. The zero-order chi connectivity index (χ0) is 12.0. The highest BCUT2D eigenvalue weighted by Crippen LogP contribution is 2.09. The van der Waals surface area contributed by atoms with E-state index in [1.807, 2.05) is 24.3 Å². The van der Waals surface area contributed by atoms with Gasteiger partial charge in [0.15, 0.2) is 0 Å². The molecule has 0 bridgehead atoms. The van der Waals surface area contributed by atoms with Gasteiger partial charge in [-0.1, -0.05) is 18.2 Å². The van der Waals surface area contributed by atoms with Gasteiger partial charge in [-0.05, 0) is 24.1 Å². The number of benzene rings is 1. The molecule has 0 atom stereocenters. The molecule has 16 heavy (non-hydrogen) atoms. The number of nitrogens with zero attached hydrogens (tertiary/aromatic N) is 1. The molecule has 0 aliphatic rings. The zero-order valence-corrected chi connectivity index (χ0v) is 9.65. The monoisotopic (exact) mass is 218 g/mol. The van der Waals surface area contributed by atoms with Crippen molar-refractivity contribution in [3.63, 3.8) is 0 Å². The Morgan fingerprint density at radius 2 is 2.31 bits per heavy atom. The van der Waals surface area contributed by atoms with Crippen LogP contribution in [0, 0.1) is 0 Å². The van der Waals surface area contributed by atoms with E-state index in [4.69, 9.17) is 5.73 Å². The average molecular weight is 218 g/mol. The maximum Gasteiger partial charge on any atom is 0.222 e. The summed E-state index contributed by atoms with van der Waals surface area (Å²) in [6, 6.07) is 7.63. The van der Waals surface area contributed by atoms with Gasteiger partial charge in [-0.3, -0.25) is 4.79 Å². The van der Waals surface area contributed by atoms with E-state index in [1.165, 1.54) is 0 Å². The Labute approximate surface area is 96.6 Å². The molecule has 0 heterocycles. The Kier molecular flexibility index (Phi) is 4.58. The number of rotatable bonds is 5. The maximum atomic E-state index is 11.6. The summed E-state index contributed by atoms with van der Waals surface area (Å²) in [5, 5.41) is 0. The van der Waals surface area contributed by atoms with Gasteiger partial charge in [-0.25, -0.2) is 0 Å². The van der Waals surface area contributed by atoms with Crippen molar-refractivity contribution in [3.05, 3.63) is 42.5 Å². The van der Waals surface area contributed by atoms with E-state index in [9.17, 15) is 4.79 Å². The average Bonchev–Trinajstić information content (AvgIpc) is 2.26. The van der Waals surface area contributed by atoms with Crippen molar-refractivity contribution in [3.8, 4) is 0 Å². The normalized spacial score (nSPS) is 9.81. The highest BCUT2D eigenvalue weighted by atomic mass is 16.2. The fourth-order valence-corrected chi connectivity index (χ4v) is 1.49. The molecule has 1 aromatic carbocycles. The summed E-state index contributed by atoms with van der Waals surface area (Å²) in [6.45, 7) is 4.20. The Bertz CT molecular complexity index is 374. The minimum Gasteiger partial charge on any atom is -0.399 e. The maximum absolute atomic E-state index is 11.6. The lowest BCUT2D eigenvalue weighted by Crippen LogP contribution is -2.26. The topological polar surface area (TPSA) is 46.3 Å². The number of hydrogen-bond acceptors (Lipinski definition) is 2. The lowest BCUT2D eigenvalue weighted by atomic mass is 10.1. The van der Waals surface area contributed by atoms with Gasteiger partial charge in [0.25, 0.3) is 0 Å². The van der Waals surface area contributed by atoms with Crippen molar-refractivity contribution in [2.75, 3.05) is 19.3 Å². The largest absolute Gasteiger partial charge is 0.399 e. The molecule has 1 amide bonds. The first-order chi connectivity index (χ1) is 7.63. The Morgan fingerprint density at radius 3 is 2.94 bits per heavy atom. The summed E-state index contributed by atoms with van der Waals surface area (Å²) in [5.41, 5.74) is 7.50. The van der Waals surface area contributed by atoms with Crippen LogP contribution in [0.15, 0.2) is 36.9 Å². The molecule has 0 saturated heterocycles. The molecule has 3 nitrogen and oxygen atoms in total. The number of nitrogen functional groups attached to an aromatic ring is 1. The third-order valence-corrected chi connectivity index (χ3v) is 2.41. The van der Waals surface area contributed by atoms with Crippen LogP contribution in [0.3, 0.4) is 0 Å². The van der Waals surface area contributed by atoms with E-state index < -0.39 is 0 Å². The molecule has 1 aromatic rings. The van der Waals surface area contributed by atoms with Gasteiger partial charge in [-0.2, -0.15) is 0 Å². The van der Waals surface area contributed by atoms with Gasteiger partial charge in [0.2, 0.25) is 5.91 Å². The van der Waals surface area contributed by atoms with Gasteiger partial charge in [0.05, 0.1) is 0 Å². The first kappa shape index (κ1) is 12.3. The molecule has 3 heteroatoms. The van der Waals surface area contributed by atoms with Gasteiger partial charge < -0.3 is 10.6 Å². The quantitative estimate of drug-likeness (QED) is 0.605. The highest BCUT2D eigenvalue weighted by molar-refractivity contribution is 5.76. The number of nitrogens with two attached hydrogens (primary N) is 1. The highest BCUT2D eigenvalue weighted by Gasteiger charge is 2.06. The molecule has 1 rings (SSSR count). The van der Waals surface area contributed by atoms with E-state index in [2.05, 4.69) is 6.58 Å². The van der Waals surface area contributed by atoms with Crippen molar-refractivity contribution < 1.29 is 4.79 Å². The smallest absolute Gasteiger partial charge is 0.222 e. The summed E-state index contributed by atoms with van der Waals surface area (Å²) in [6.07, 6.45) is 2.96. The summed E-state index contributed by atoms with van der Waals surface area (Å²) < 4.78 is 0. The van der Waals surface area contributed by atoms with Gasteiger partial charge in [-0.15, -0.1) is 6.58 Å². The third-order valence-electron chi connectivity index (χ3n) is 2.41. The van der Waals surface area contributed by atoms with Crippen LogP contribution in [0.2, 0.25) is 0 Å². The standard InChI is InChI=1S/C13H18N2O/c1-3-9-15(2)13(16)8-7-11-5-4-6-12(14)10-11/h3-6,10H,1,7-9,14H2,2H3. The molecule has 0 radical (unpaired) electrons. The number of carbonyl (C=O) groups is 1. The lowest BCUT2D eigenvalue weighted by molar-refractivity contribution is -0.129. The second kappa shape index (κ2) is 5.95. The van der Waals surface area contributed by atoms with Crippen molar-refractivity contribution in [2.45, 2.75) is 12.8 Å². The van der Waals surface area contributed by atoms with Gasteiger partial charge in [0, 0.05) is 25.7 Å². The number of anilines is 1. The van der Waals surface area contributed by atoms with Crippen LogP contribution in [0.1, 0.15) is 12.0 Å². The summed E-state index contributed by atoms with van der Waals surface area (Å²) in [4.78, 5) is 13.3. The molecule has 0 aliphatic heterocycles. The minimum atomic E-state index is 0.127. The minimum absolute atomic E-state index is 0.127. The molecule has 86 valence electrons. The van der Waals surface area contributed by atoms with Crippen LogP contribution in [-0.2, 0) is 11.2 Å². The van der Waals surface area contributed by atoms with E-state index in [1.54, 1.807) is 18.0 Å². The van der Waals surface area contributed by atoms with Crippen LogP contribution >= 0.6 is 0 Å². The van der Waals surface area contributed by atoms with E-state index in [-0.39, 0.29) is 5.91 Å². The Balaban J connectivity index is 2.45. The summed E-state index contributed by atoms with van der Waals surface area (Å²) >= 11 is 0. The number of carbonyl (C=O) groups excluding carboxylic acids is 1.